The average molecular weight is 506 g/mol. The van der Waals surface area contributed by atoms with Gasteiger partial charge in [0, 0.05) is 16.6 Å². The van der Waals surface area contributed by atoms with Crippen LogP contribution in [0.2, 0.25) is 5.02 Å². The van der Waals surface area contributed by atoms with Gasteiger partial charge in [-0.25, -0.2) is 0 Å². The molecule has 9 heteroatoms. The SMILES string of the molecule is CN(C)C(c1ccc(Cl)cc1)C1CCC(C=Cc2nc(-c3ccc(OC(F)(F)F)cc3)no2)CC1. The Kier molecular flexibility index (Phi) is 7.82. The fourth-order valence-electron chi connectivity index (χ4n) is 4.75. The van der Waals surface area contributed by atoms with E-state index in [1.807, 2.05) is 18.2 Å². The van der Waals surface area contributed by atoms with E-state index in [0.29, 0.717) is 35.2 Å². The second-order valence-electron chi connectivity index (χ2n) is 9.02. The quantitative estimate of drug-likeness (QED) is 0.334. The van der Waals surface area contributed by atoms with Crippen molar-refractivity contribution in [1.29, 1.82) is 0 Å². The van der Waals surface area contributed by atoms with E-state index in [2.05, 4.69) is 52.1 Å². The van der Waals surface area contributed by atoms with E-state index >= 15 is 0 Å². The molecule has 1 heterocycles. The van der Waals surface area contributed by atoms with Crippen molar-refractivity contribution in [1.82, 2.24) is 15.0 Å². The van der Waals surface area contributed by atoms with Gasteiger partial charge in [-0.1, -0.05) is 35.0 Å². The van der Waals surface area contributed by atoms with Gasteiger partial charge in [0.25, 0.3) is 5.89 Å². The maximum atomic E-state index is 12.3. The van der Waals surface area contributed by atoms with Crippen LogP contribution >= 0.6 is 11.6 Å². The van der Waals surface area contributed by atoms with E-state index in [0.717, 1.165) is 30.7 Å². The summed E-state index contributed by atoms with van der Waals surface area (Å²) < 4.78 is 46.1. The molecule has 1 aliphatic carbocycles. The van der Waals surface area contributed by atoms with Crippen LogP contribution in [0.25, 0.3) is 17.5 Å². The van der Waals surface area contributed by atoms with Crippen molar-refractivity contribution in [3.8, 4) is 17.1 Å². The van der Waals surface area contributed by atoms with Gasteiger partial charge in [0.15, 0.2) is 0 Å². The van der Waals surface area contributed by atoms with Crippen LogP contribution in [-0.2, 0) is 0 Å². The van der Waals surface area contributed by atoms with Gasteiger partial charge in [-0.3, -0.25) is 0 Å². The summed E-state index contributed by atoms with van der Waals surface area (Å²) in [6.07, 6.45) is 3.57. The van der Waals surface area contributed by atoms with Crippen LogP contribution in [0.15, 0.2) is 59.1 Å². The first-order valence-corrected chi connectivity index (χ1v) is 11.9. The molecule has 1 saturated carbocycles. The van der Waals surface area contributed by atoms with Crippen LogP contribution in [-0.4, -0.2) is 35.5 Å². The Labute approximate surface area is 207 Å². The zero-order chi connectivity index (χ0) is 25.0. The van der Waals surface area contributed by atoms with Gasteiger partial charge in [-0.15, -0.1) is 13.2 Å². The number of ether oxygens (including phenoxy) is 1. The van der Waals surface area contributed by atoms with Crippen molar-refractivity contribution in [2.75, 3.05) is 14.1 Å². The fourth-order valence-corrected chi connectivity index (χ4v) is 4.88. The minimum atomic E-state index is -4.73. The second kappa shape index (κ2) is 10.8. The number of halogens is 4. The molecule has 186 valence electrons. The third-order valence-corrected chi connectivity index (χ3v) is 6.58. The molecule has 1 unspecified atom stereocenters. The number of aromatic nitrogens is 2. The van der Waals surface area contributed by atoms with Crippen molar-refractivity contribution < 1.29 is 22.4 Å². The topological polar surface area (TPSA) is 51.4 Å². The molecule has 0 radical (unpaired) electrons. The molecule has 0 N–H and O–H groups in total. The Hall–Kier alpha value is -2.84. The molecule has 0 aliphatic heterocycles. The summed E-state index contributed by atoms with van der Waals surface area (Å²) in [4.78, 5) is 6.62. The lowest BCUT2D eigenvalue weighted by molar-refractivity contribution is -0.274. The summed E-state index contributed by atoms with van der Waals surface area (Å²) in [5.41, 5.74) is 1.83. The van der Waals surface area contributed by atoms with Crippen molar-refractivity contribution in [3.05, 3.63) is 71.1 Å². The van der Waals surface area contributed by atoms with Crippen molar-refractivity contribution in [2.24, 2.45) is 11.8 Å². The average Bonchev–Trinajstić information content (AvgIpc) is 3.28. The van der Waals surface area contributed by atoms with Crippen LogP contribution in [0.5, 0.6) is 5.75 Å². The predicted molar refractivity (Wildman–Crippen MR) is 129 cm³/mol. The highest BCUT2D eigenvalue weighted by Crippen LogP contribution is 2.40. The molecule has 1 atom stereocenters. The predicted octanol–water partition coefficient (Wildman–Crippen LogP) is 7.41. The largest absolute Gasteiger partial charge is 0.573 e. The molecule has 1 aromatic heterocycles. The maximum absolute atomic E-state index is 12.3. The number of nitrogens with zero attached hydrogens (tertiary/aromatic N) is 3. The molecule has 0 amide bonds. The lowest BCUT2D eigenvalue weighted by atomic mass is 9.76. The van der Waals surface area contributed by atoms with Crippen molar-refractivity contribution >= 4 is 17.7 Å². The molecule has 5 nitrogen and oxygen atoms in total. The monoisotopic (exact) mass is 505 g/mol. The molecule has 3 aromatic rings. The molecular weight excluding hydrogens is 479 g/mol. The molecule has 2 aromatic carbocycles. The summed E-state index contributed by atoms with van der Waals surface area (Å²) in [7, 11) is 4.24. The van der Waals surface area contributed by atoms with Crippen molar-refractivity contribution in [3.63, 3.8) is 0 Å². The molecule has 0 bridgehead atoms. The zero-order valence-corrected chi connectivity index (χ0v) is 20.3. The minimum absolute atomic E-state index is 0.298. The highest BCUT2D eigenvalue weighted by Gasteiger charge is 2.31. The van der Waals surface area contributed by atoms with E-state index < -0.39 is 6.36 Å². The van der Waals surface area contributed by atoms with Gasteiger partial charge in [-0.05, 0) is 99.7 Å². The van der Waals surface area contributed by atoms with E-state index in [1.165, 1.54) is 29.8 Å². The number of allylic oxidation sites excluding steroid dienone is 1. The van der Waals surface area contributed by atoms with E-state index in [9.17, 15) is 13.2 Å². The summed E-state index contributed by atoms with van der Waals surface area (Å²) >= 11 is 6.07. The first-order valence-electron chi connectivity index (χ1n) is 11.5. The van der Waals surface area contributed by atoms with Crippen LogP contribution in [0.1, 0.15) is 43.2 Å². The lowest BCUT2D eigenvalue weighted by Crippen LogP contribution is -2.30. The summed E-state index contributed by atoms with van der Waals surface area (Å²) in [6, 6.07) is 13.8. The first kappa shape index (κ1) is 25.3. The number of alkyl halides is 3. The zero-order valence-electron chi connectivity index (χ0n) is 19.5. The summed E-state index contributed by atoms with van der Waals surface area (Å²) in [5.74, 6) is 1.37. The lowest BCUT2D eigenvalue weighted by Gasteiger charge is -2.37. The van der Waals surface area contributed by atoms with E-state index in [-0.39, 0.29) is 5.75 Å². The molecule has 1 aliphatic rings. The first-order chi connectivity index (χ1) is 16.7. The minimum Gasteiger partial charge on any atom is -0.406 e. The molecule has 4 rings (SSSR count). The fraction of sp³-hybridized carbons (Fsp3) is 0.385. The van der Waals surface area contributed by atoms with E-state index in [1.54, 1.807) is 0 Å². The van der Waals surface area contributed by atoms with Gasteiger partial charge in [0.05, 0.1) is 0 Å². The third-order valence-electron chi connectivity index (χ3n) is 6.33. The maximum Gasteiger partial charge on any atom is 0.573 e. The Morgan fingerprint density at radius 2 is 1.69 bits per heavy atom. The highest BCUT2D eigenvalue weighted by atomic mass is 35.5. The Balaban J connectivity index is 1.33. The van der Waals surface area contributed by atoms with Gasteiger partial charge < -0.3 is 14.2 Å². The van der Waals surface area contributed by atoms with Crippen molar-refractivity contribution in [2.45, 2.75) is 38.1 Å². The standard InChI is InChI=1S/C26H27ClF3N3O2/c1-33(2)24(19-8-12-21(27)13-9-19)18-6-3-17(4-7-18)5-16-23-31-25(32-35-23)20-10-14-22(15-11-20)34-26(28,29)30/h5,8-18,24H,3-4,6-7H2,1-2H3. The molecule has 1 fully saturated rings. The molecule has 0 spiro atoms. The molecular formula is C26H27ClF3N3O2. The number of benzene rings is 2. The third kappa shape index (κ3) is 6.86. The Morgan fingerprint density at radius 3 is 2.29 bits per heavy atom. The number of hydrogen-bond acceptors (Lipinski definition) is 5. The Bertz CT molecular complexity index is 1120. The summed E-state index contributed by atoms with van der Waals surface area (Å²) in [6.45, 7) is 0. The van der Waals surface area contributed by atoms with Crippen LogP contribution in [0, 0.1) is 11.8 Å². The van der Waals surface area contributed by atoms with Gasteiger partial charge in [-0.2, -0.15) is 4.98 Å². The smallest absolute Gasteiger partial charge is 0.406 e. The van der Waals surface area contributed by atoms with Gasteiger partial charge in [0.2, 0.25) is 5.82 Å². The van der Waals surface area contributed by atoms with Gasteiger partial charge >= 0.3 is 6.36 Å². The van der Waals surface area contributed by atoms with Gasteiger partial charge in [0.1, 0.15) is 5.75 Å². The van der Waals surface area contributed by atoms with Crippen LogP contribution < -0.4 is 4.74 Å². The van der Waals surface area contributed by atoms with Crippen LogP contribution in [0.3, 0.4) is 0 Å². The van der Waals surface area contributed by atoms with Crippen LogP contribution in [0.4, 0.5) is 13.2 Å². The van der Waals surface area contributed by atoms with E-state index in [4.69, 9.17) is 16.1 Å². The number of rotatable bonds is 7. The summed E-state index contributed by atoms with van der Waals surface area (Å²) in [5, 5.41) is 4.68. The Morgan fingerprint density at radius 1 is 1.03 bits per heavy atom. The highest BCUT2D eigenvalue weighted by molar-refractivity contribution is 6.30. The second-order valence-corrected chi connectivity index (χ2v) is 9.46. The number of hydrogen-bond donors (Lipinski definition) is 0. The molecule has 0 saturated heterocycles. The normalized spacial score (nSPS) is 19.9. The molecule has 35 heavy (non-hydrogen) atoms.